The van der Waals surface area contributed by atoms with E-state index in [0.29, 0.717) is 11.3 Å². The SMILES string of the molecule is C=Cn1nnc(-c2ccc(-c3ccc(N4C(=O)O[C@]5([C@@H](C)O)OP6(=O)OC45O6)cc3F)cn2)n1. The molecule has 4 aliphatic rings. The highest BCUT2D eigenvalue weighted by atomic mass is 31.2. The van der Waals surface area contributed by atoms with Crippen LogP contribution < -0.4 is 4.90 Å². The quantitative estimate of drug-likeness (QED) is 0.528. The third kappa shape index (κ3) is 2.62. The molecule has 34 heavy (non-hydrogen) atoms. The first-order valence-electron chi connectivity index (χ1n) is 9.82. The molecule has 13 nitrogen and oxygen atoms in total. The van der Waals surface area contributed by atoms with Gasteiger partial charge in [-0.1, -0.05) is 12.6 Å². The second kappa shape index (κ2) is 6.74. The fraction of sp³-hybridized carbons (Fsp3) is 0.211. The van der Waals surface area contributed by atoms with Crippen molar-refractivity contribution in [2.75, 3.05) is 4.90 Å². The van der Waals surface area contributed by atoms with Crippen molar-refractivity contribution in [2.45, 2.75) is 24.7 Å². The number of aliphatic hydroxyl groups is 1. The summed E-state index contributed by atoms with van der Waals surface area (Å²) in [6.45, 7) is 4.79. The van der Waals surface area contributed by atoms with Crippen molar-refractivity contribution in [3.8, 4) is 22.6 Å². The first-order valence-corrected chi connectivity index (χ1v) is 11.3. The molecule has 2 atom stereocenters. The maximum Gasteiger partial charge on any atom is 0.486 e. The molecule has 0 radical (unpaired) electrons. The molecule has 1 aromatic carbocycles. The van der Waals surface area contributed by atoms with Crippen molar-refractivity contribution < 1.29 is 37.2 Å². The number of benzene rings is 1. The number of ether oxygens (including phenoxy) is 1. The fourth-order valence-corrected chi connectivity index (χ4v) is 5.73. The lowest BCUT2D eigenvalue weighted by Gasteiger charge is -2.39. The zero-order chi connectivity index (χ0) is 23.9. The number of phosphoric acid groups is 1. The number of nitrogens with zero attached hydrogens (tertiary/aromatic N) is 6. The first-order chi connectivity index (χ1) is 16.2. The minimum absolute atomic E-state index is 0.0275. The topological polar surface area (TPSA) is 151 Å². The van der Waals surface area contributed by atoms with Crippen LogP contribution in [-0.4, -0.2) is 54.2 Å². The molecule has 3 aromatic rings. The Kier molecular flexibility index (Phi) is 4.17. The highest BCUT2D eigenvalue weighted by molar-refractivity contribution is 7.50. The lowest BCUT2D eigenvalue weighted by molar-refractivity contribution is -0.278. The Morgan fingerprint density at radius 1 is 1.26 bits per heavy atom. The third-order valence-electron chi connectivity index (χ3n) is 5.53. The maximum atomic E-state index is 15.1. The predicted octanol–water partition coefficient (Wildman–Crippen LogP) is 2.51. The highest BCUT2D eigenvalue weighted by Crippen LogP contribution is 2.81. The molecule has 15 heteroatoms. The van der Waals surface area contributed by atoms with Crippen LogP contribution in [0.3, 0.4) is 0 Å². The van der Waals surface area contributed by atoms with E-state index in [9.17, 15) is 14.5 Å². The zero-order valence-electron chi connectivity index (χ0n) is 17.2. The minimum Gasteiger partial charge on any atom is -0.405 e. The average Bonchev–Trinajstić information content (AvgIpc) is 3.47. The summed E-state index contributed by atoms with van der Waals surface area (Å²) in [5.74, 6) is -4.74. The number of carbonyl (C=O) groups is 1. The molecular formula is C19H14FN6O7P. The summed E-state index contributed by atoms with van der Waals surface area (Å²) in [6, 6.07) is 7.09. The number of halogens is 1. The molecule has 7 rings (SSSR count). The summed E-state index contributed by atoms with van der Waals surface area (Å²) < 4.78 is 48.2. The number of phosphoric ester groups is 1. The maximum absolute atomic E-state index is 15.1. The van der Waals surface area contributed by atoms with Crippen molar-refractivity contribution in [2.24, 2.45) is 0 Å². The summed E-state index contributed by atoms with van der Waals surface area (Å²) in [5.41, 5.74) is 1.02. The van der Waals surface area contributed by atoms with Gasteiger partial charge in [0.2, 0.25) is 5.82 Å². The molecule has 4 saturated heterocycles. The number of anilines is 1. The van der Waals surface area contributed by atoms with E-state index in [1.807, 2.05) is 0 Å². The smallest absolute Gasteiger partial charge is 0.405 e. The van der Waals surface area contributed by atoms with Crippen LogP contribution in [0.15, 0.2) is 43.1 Å². The van der Waals surface area contributed by atoms with Crippen LogP contribution in [0.2, 0.25) is 0 Å². The van der Waals surface area contributed by atoms with Gasteiger partial charge in [0.25, 0.3) is 0 Å². The molecule has 0 saturated carbocycles. The highest BCUT2D eigenvalue weighted by Gasteiger charge is 2.90. The number of hydrogen-bond acceptors (Lipinski definition) is 11. The van der Waals surface area contributed by atoms with E-state index in [2.05, 4.69) is 27.0 Å². The Morgan fingerprint density at radius 2 is 2.06 bits per heavy atom. The number of hydrogen-bond donors (Lipinski definition) is 1. The molecule has 1 amide bonds. The summed E-state index contributed by atoms with van der Waals surface area (Å²) in [5, 5.41) is 21.8. The van der Waals surface area contributed by atoms with E-state index in [4.69, 9.17) is 18.3 Å². The van der Waals surface area contributed by atoms with Gasteiger partial charge in [0.05, 0.1) is 5.69 Å². The van der Waals surface area contributed by atoms with Gasteiger partial charge in [0.15, 0.2) is 0 Å². The monoisotopic (exact) mass is 488 g/mol. The van der Waals surface area contributed by atoms with Gasteiger partial charge in [-0.15, -0.1) is 15.0 Å². The third-order valence-corrected chi connectivity index (χ3v) is 6.97. The normalized spacial score (nSPS) is 30.0. The van der Waals surface area contributed by atoms with Gasteiger partial charge in [0, 0.05) is 23.5 Å². The van der Waals surface area contributed by atoms with Crippen LogP contribution in [0.4, 0.5) is 14.9 Å². The molecule has 2 bridgehead atoms. The molecule has 1 spiro atoms. The predicted molar refractivity (Wildman–Crippen MR) is 110 cm³/mol. The molecule has 4 fully saturated rings. The van der Waals surface area contributed by atoms with Crippen LogP contribution in [0.25, 0.3) is 28.8 Å². The van der Waals surface area contributed by atoms with E-state index in [-0.39, 0.29) is 17.1 Å². The number of tetrazole rings is 1. The van der Waals surface area contributed by atoms with Crippen LogP contribution >= 0.6 is 7.82 Å². The lowest BCUT2D eigenvalue weighted by atomic mass is 10.0. The molecule has 174 valence electrons. The van der Waals surface area contributed by atoms with Crippen molar-refractivity contribution in [1.82, 2.24) is 25.2 Å². The molecule has 0 unspecified atom stereocenters. The lowest BCUT2D eigenvalue weighted by Crippen LogP contribution is -2.63. The Morgan fingerprint density at radius 3 is 2.68 bits per heavy atom. The van der Waals surface area contributed by atoms with Gasteiger partial charge in [-0.05, 0) is 36.4 Å². The van der Waals surface area contributed by atoms with Gasteiger partial charge in [-0.2, -0.15) is 0 Å². The molecule has 0 aliphatic carbocycles. The van der Waals surface area contributed by atoms with Gasteiger partial charge in [0.1, 0.15) is 17.6 Å². The first kappa shape index (κ1) is 21.0. The summed E-state index contributed by atoms with van der Waals surface area (Å²) >= 11 is 0. The van der Waals surface area contributed by atoms with E-state index < -0.39 is 37.5 Å². The molecule has 1 N–H and O–H groups in total. The van der Waals surface area contributed by atoms with E-state index in [0.717, 1.165) is 11.0 Å². The Hall–Kier alpha value is -3.55. The van der Waals surface area contributed by atoms with Crippen molar-refractivity contribution in [1.29, 1.82) is 0 Å². The fourth-order valence-electron chi connectivity index (χ4n) is 3.98. The van der Waals surface area contributed by atoms with Crippen molar-refractivity contribution >= 4 is 25.8 Å². The van der Waals surface area contributed by atoms with Crippen LogP contribution in [0, 0.1) is 5.82 Å². The van der Waals surface area contributed by atoms with E-state index in [1.54, 1.807) is 12.1 Å². The van der Waals surface area contributed by atoms with Crippen molar-refractivity contribution in [3.05, 3.63) is 48.9 Å². The molecule has 2 aromatic heterocycles. The average molecular weight is 488 g/mol. The summed E-state index contributed by atoms with van der Waals surface area (Å²) in [7, 11) is -3.99. The number of pyridine rings is 1. The molecule has 6 heterocycles. The number of rotatable bonds is 5. The van der Waals surface area contributed by atoms with Gasteiger partial charge < -0.3 is 9.84 Å². The van der Waals surface area contributed by atoms with Gasteiger partial charge in [-0.3, -0.25) is 4.98 Å². The second-order valence-electron chi connectivity index (χ2n) is 7.56. The van der Waals surface area contributed by atoms with Crippen molar-refractivity contribution in [3.63, 3.8) is 0 Å². The Labute approximate surface area is 189 Å². The number of aliphatic hydroxyl groups excluding tert-OH is 1. The largest absolute Gasteiger partial charge is 0.486 e. The van der Waals surface area contributed by atoms with Crippen LogP contribution in [0.1, 0.15) is 6.92 Å². The summed E-state index contributed by atoms with van der Waals surface area (Å²) in [6.07, 6.45) is 0.308. The number of aromatic nitrogens is 5. The van der Waals surface area contributed by atoms with E-state index in [1.165, 1.54) is 36.2 Å². The van der Waals surface area contributed by atoms with Gasteiger partial charge >= 0.3 is 25.6 Å². The van der Waals surface area contributed by atoms with Crippen LogP contribution in [-0.2, 0) is 22.9 Å². The Balaban J connectivity index is 1.32. The molecular weight excluding hydrogens is 474 g/mol. The summed E-state index contributed by atoms with van der Waals surface area (Å²) in [4.78, 5) is 18.8. The molecule has 4 aliphatic heterocycles. The Bertz CT molecular complexity index is 1400. The number of carbonyl (C=O) groups excluding carboxylic acids is 1. The number of amides is 1. The van der Waals surface area contributed by atoms with E-state index >= 15 is 4.39 Å². The minimum atomic E-state index is -3.99. The standard InChI is InChI=1S/C19H14FN6O7P/c1-3-25-23-16(22-24-25)15-7-4-11(9-21-15)13-6-5-12(8-14(13)20)26-17(28)30-18(10(2)27)19(26)32-34(29,31-18)33-19/h3-10,27H,1H2,2H3/t10-,18-,19?,34?/m1/s1. The second-order valence-corrected chi connectivity index (χ2v) is 9.00. The van der Waals surface area contributed by atoms with Crippen LogP contribution in [0.5, 0.6) is 0 Å². The van der Waals surface area contributed by atoms with Gasteiger partial charge in [-0.25, -0.2) is 32.2 Å². The zero-order valence-corrected chi connectivity index (χ0v) is 18.1.